The van der Waals surface area contributed by atoms with Gasteiger partial charge in [-0.1, -0.05) is 121 Å². The number of unbranched alkanes of at least 4 members (excludes halogenated alkanes) is 14. The Morgan fingerprint density at radius 2 is 1.16 bits per heavy atom. The third kappa shape index (κ3) is 32.0. The Hall–Kier alpha value is -2.94. The lowest BCUT2D eigenvalue weighted by Gasteiger charge is -2.18. The van der Waals surface area contributed by atoms with Gasteiger partial charge in [-0.05, 0) is 70.6 Å². The van der Waals surface area contributed by atoms with Crippen LogP contribution in [0.4, 0.5) is 0 Å². The van der Waals surface area contributed by atoms with Crippen LogP contribution in [-0.4, -0.2) is 59.3 Å². The van der Waals surface area contributed by atoms with Gasteiger partial charge in [0, 0.05) is 12.8 Å². The van der Waals surface area contributed by atoms with Crippen molar-refractivity contribution in [3.63, 3.8) is 0 Å². The minimum Gasteiger partial charge on any atom is -0.480 e. The van der Waals surface area contributed by atoms with Crippen molar-refractivity contribution in [2.24, 2.45) is 0 Å². The molecule has 2 atom stereocenters. The predicted molar refractivity (Wildman–Crippen MR) is 199 cm³/mol. The number of amides is 2. The van der Waals surface area contributed by atoms with Crippen molar-refractivity contribution in [2.45, 2.75) is 180 Å². The van der Waals surface area contributed by atoms with Gasteiger partial charge in [-0.15, -0.1) is 0 Å². The Morgan fingerprint density at radius 1 is 0.633 bits per heavy atom. The first-order valence-electron chi connectivity index (χ1n) is 19.4. The summed E-state index contributed by atoms with van der Waals surface area (Å²) in [6, 6.07) is -1.39. The zero-order valence-electron chi connectivity index (χ0n) is 30.9. The second kappa shape index (κ2) is 34.9. The number of carboxylic acids is 1. The highest BCUT2D eigenvalue weighted by molar-refractivity contribution is 5.87. The molecule has 0 aliphatic heterocycles. The summed E-state index contributed by atoms with van der Waals surface area (Å²) in [7, 11) is 0. The first-order valence-corrected chi connectivity index (χ1v) is 19.4. The number of carbonyl (C=O) groups is 4. The highest BCUT2D eigenvalue weighted by Gasteiger charge is 2.19. The Bertz CT molecular complexity index is 932. The maximum atomic E-state index is 12.6. The van der Waals surface area contributed by atoms with E-state index in [1.54, 1.807) is 0 Å². The number of aliphatic hydroxyl groups is 1. The van der Waals surface area contributed by atoms with Gasteiger partial charge in [0.1, 0.15) is 12.1 Å². The molecule has 0 saturated heterocycles. The number of aliphatic hydroxyl groups excluding tert-OH is 1. The van der Waals surface area contributed by atoms with E-state index >= 15 is 0 Å². The van der Waals surface area contributed by atoms with Crippen molar-refractivity contribution in [3.8, 4) is 0 Å². The van der Waals surface area contributed by atoms with Crippen LogP contribution in [0.5, 0.6) is 0 Å². The maximum Gasteiger partial charge on any atom is 0.328 e. The first kappa shape index (κ1) is 46.1. The maximum absolute atomic E-state index is 12.6. The average Bonchev–Trinajstić information content (AvgIpc) is 3.08. The lowest BCUT2D eigenvalue weighted by molar-refractivity contribution is -0.150. The van der Waals surface area contributed by atoms with Gasteiger partial charge < -0.3 is 25.6 Å². The van der Waals surface area contributed by atoms with Gasteiger partial charge in [0.25, 0.3) is 0 Å². The number of aliphatic carboxylic acids is 1. The van der Waals surface area contributed by atoms with Crippen LogP contribution in [0.3, 0.4) is 0 Å². The van der Waals surface area contributed by atoms with E-state index in [-0.39, 0.29) is 30.9 Å². The molecule has 0 radical (unpaired) electrons. The molecule has 0 heterocycles. The smallest absolute Gasteiger partial charge is 0.328 e. The van der Waals surface area contributed by atoms with E-state index in [4.69, 9.17) is 14.9 Å². The number of hydrogen-bond donors (Lipinski definition) is 4. The van der Waals surface area contributed by atoms with Gasteiger partial charge in [-0.2, -0.15) is 0 Å². The highest BCUT2D eigenvalue weighted by Crippen LogP contribution is 2.18. The second-order valence-corrected chi connectivity index (χ2v) is 13.0. The van der Waals surface area contributed by atoms with Crippen molar-refractivity contribution in [2.75, 3.05) is 13.2 Å². The summed E-state index contributed by atoms with van der Waals surface area (Å²) < 4.78 is 5.93. The molecule has 0 aromatic heterocycles. The summed E-state index contributed by atoms with van der Waals surface area (Å²) in [4.78, 5) is 47.3. The molecule has 0 bridgehead atoms. The SMILES string of the molecule is CC/C=C\C/C=C\C/C=C\CCCCCCCCCC(=O)OC(CCCCCCC)CCCCCCC(=O)NCC(=O)NC(CO)C(=O)O. The minimum absolute atomic E-state index is 0.0440. The summed E-state index contributed by atoms with van der Waals surface area (Å²) in [5.74, 6) is -2.35. The zero-order valence-corrected chi connectivity index (χ0v) is 30.9. The quantitative estimate of drug-likeness (QED) is 0.0301. The molecule has 0 aromatic rings. The summed E-state index contributed by atoms with van der Waals surface area (Å²) in [5, 5.41) is 22.5. The summed E-state index contributed by atoms with van der Waals surface area (Å²) in [6.45, 7) is 3.31. The highest BCUT2D eigenvalue weighted by atomic mass is 16.5. The van der Waals surface area contributed by atoms with Gasteiger partial charge in [-0.3, -0.25) is 14.4 Å². The molecule has 0 fully saturated rings. The third-order valence-corrected chi connectivity index (χ3v) is 8.40. The van der Waals surface area contributed by atoms with E-state index in [0.29, 0.717) is 12.8 Å². The van der Waals surface area contributed by atoms with Gasteiger partial charge >= 0.3 is 11.9 Å². The number of nitrogens with one attached hydrogen (secondary N) is 2. The van der Waals surface area contributed by atoms with Crippen molar-refractivity contribution < 1.29 is 34.1 Å². The molecule has 2 amide bonds. The molecule has 9 heteroatoms. The molecule has 0 aliphatic carbocycles. The largest absolute Gasteiger partial charge is 0.480 e. The molecule has 0 aromatic carbocycles. The van der Waals surface area contributed by atoms with E-state index < -0.39 is 24.5 Å². The van der Waals surface area contributed by atoms with Crippen LogP contribution in [0.2, 0.25) is 0 Å². The predicted octanol–water partition coefficient (Wildman–Crippen LogP) is 8.65. The molecule has 49 heavy (non-hydrogen) atoms. The van der Waals surface area contributed by atoms with Crippen molar-refractivity contribution in [1.82, 2.24) is 10.6 Å². The van der Waals surface area contributed by atoms with Crippen LogP contribution in [0.1, 0.15) is 168 Å². The summed E-state index contributed by atoms with van der Waals surface area (Å²) in [6.07, 6.45) is 37.6. The van der Waals surface area contributed by atoms with E-state index in [2.05, 4.69) is 60.9 Å². The molecule has 4 N–H and O–H groups in total. The fraction of sp³-hybridized carbons (Fsp3) is 0.750. The number of ether oxygens (including phenoxy) is 1. The fourth-order valence-electron chi connectivity index (χ4n) is 5.43. The monoisotopic (exact) mass is 691 g/mol. The van der Waals surface area contributed by atoms with Crippen LogP contribution < -0.4 is 10.6 Å². The second-order valence-electron chi connectivity index (χ2n) is 13.0. The molecule has 0 spiro atoms. The summed E-state index contributed by atoms with van der Waals surface area (Å²) in [5.41, 5.74) is 0. The van der Waals surface area contributed by atoms with Crippen molar-refractivity contribution in [1.29, 1.82) is 0 Å². The van der Waals surface area contributed by atoms with Crippen molar-refractivity contribution in [3.05, 3.63) is 36.5 Å². The van der Waals surface area contributed by atoms with Crippen LogP contribution in [0, 0.1) is 0 Å². The molecular weight excluding hydrogens is 620 g/mol. The molecular formula is C40H70N2O7. The minimum atomic E-state index is -1.39. The van der Waals surface area contributed by atoms with E-state index in [0.717, 1.165) is 83.5 Å². The molecule has 0 rings (SSSR count). The number of allylic oxidation sites excluding steroid dienone is 6. The normalized spacial score (nSPS) is 12.9. The Labute approximate surface area is 297 Å². The molecule has 2 unspecified atom stereocenters. The van der Waals surface area contributed by atoms with Gasteiger partial charge in [0.15, 0.2) is 0 Å². The number of carboxylic acid groups (broad SMARTS) is 1. The average molecular weight is 691 g/mol. The van der Waals surface area contributed by atoms with E-state index in [1.165, 1.54) is 51.4 Å². The molecule has 9 nitrogen and oxygen atoms in total. The number of rotatable bonds is 34. The molecule has 0 saturated carbocycles. The van der Waals surface area contributed by atoms with E-state index in [1.807, 2.05) is 0 Å². The Morgan fingerprint density at radius 3 is 1.76 bits per heavy atom. The van der Waals surface area contributed by atoms with Crippen LogP contribution in [0.15, 0.2) is 36.5 Å². The van der Waals surface area contributed by atoms with E-state index in [9.17, 15) is 19.2 Å². The van der Waals surface area contributed by atoms with Crippen molar-refractivity contribution >= 4 is 23.8 Å². The van der Waals surface area contributed by atoms with Gasteiger partial charge in [-0.25, -0.2) is 4.79 Å². The van der Waals surface area contributed by atoms with Gasteiger partial charge in [0.2, 0.25) is 11.8 Å². The van der Waals surface area contributed by atoms with Crippen LogP contribution in [-0.2, 0) is 23.9 Å². The number of carbonyl (C=O) groups excluding carboxylic acids is 3. The first-order chi connectivity index (χ1) is 23.8. The lowest BCUT2D eigenvalue weighted by atomic mass is 10.0. The van der Waals surface area contributed by atoms with Crippen LogP contribution in [0.25, 0.3) is 0 Å². The molecule has 0 aliphatic rings. The lowest BCUT2D eigenvalue weighted by Crippen LogP contribution is -2.47. The van der Waals surface area contributed by atoms with Crippen LogP contribution >= 0.6 is 0 Å². The topological polar surface area (TPSA) is 142 Å². The summed E-state index contributed by atoms with van der Waals surface area (Å²) >= 11 is 0. The number of hydrogen-bond acceptors (Lipinski definition) is 6. The van der Waals surface area contributed by atoms with Gasteiger partial charge in [0.05, 0.1) is 13.2 Å². The number of esters is 1. The molecule has 282 valence electrons. The fourth-order valence-corrected chi connectivity index (χ4v) is 5.43. The zero-order chi connectivity index (χ0) is 36.2. The Balaban J connectivity index is 4.09. The standard InChI is InChI=1S/C40H70N2O7/c1-3-5-7-9-10-11-12-13-14-15-16-17-18-19-20-22-28-32-39(46)49-35(29-25-21-8-6-4-2)30-26-23-24-27-31-37(44)41-33-38(45)42-36(34-43)40(47)48/h5,7,10-11,13-14,35-36,43H,3-4,6,8-9,12,15-34H2,1-2H3,(H,41,44)(H,42,45)(H,47,48)/b7-5-,11-10-,14-13-. The Kier molecular flexibility index (Phi) is 32.8. The third-order valence-electron chi connectivity index (χ3n) is 8.40.